The maximum Gasteiger partial charge on any atom is 0.152 e. The van der Waals surface area contributed by atoms with Crippen LogP contribution in [0.3, 0.4) is 0 Å². The Bertz CT molecular complexity index is 596. The van der Waals surface area contributed by atoms with Crippen molar-refractivity contribution in [2.45, 2.75) is 6.42 Å². The first-order valence-corrected chi connectivity index (χ1v) is 5.73. The Labute approximate surface area is 109 Å². The number of halogens is 2. The summed E-state index contributed by atoms with van der Waals surface area (Å²) in [7, 11) is 1.82. The number of hydrogen-bond donors (Lipinski definition) is 0. The molecular formula is C12H9Cl2N3. The van der Waals surface area contributed by atoms with Crippen LogP contribution < -0.4 is 0 Å². The zero-order valence-corrected chi connectivity index (χ0v) is 10.6. The standard InChI is InChI=1S/C12H9Cl2N3/c1-17-10(6-7-15)11(14)16-12(17)8-4-2-3-5-9(8)13/h2-5H,6H2,1H3. The highest BCUT2D eigenvalue weighted by atomic mass is 35.5. The van der Waals surface area contributed by atoms with Gasteiger partial charge in [0.25, 0.3) is 0 Å². The van der Waals surface area contributed by atoms with Gasteiger partial charge in [0.2, 0.25) is 0 Å². The monoisotopic (exact) mass is 265 g/mol. The molecule has 0 saturated carbocycles. The molecular weight excluding hydrogens is 257 g/mol. The molecule has 0 amide bonds. The topological polar surface area (TPSA) is 41.6 Å². The first-order chi connectivity index (χ1) is 8.15. The third kappa shape index (κ3) is 2.14. The van der Waals surface area contributed by atoms with E-state index >= 15 is 0 Å². The van der Waals surface area contributed by atoms with E-state index in [4.69, 9.17) is 28.5 Å². The van der Waals surface area contributed by atoms with Crippen LogP contribution in [0.1, 0.15) is 5.69 Å². The Morgan fingerprint density at radius 1 is 1.35 bits per heavy atom. The normalized spacial score (nSPS) is 10.2. The smallest absolute Gasteiger partial charge is 0.152 e. The van der Waals surface area contributed by atoms with Crippen molar-refractivity contribution in [3.8, 4) is 17.5 Å². The van der Waals surface area contributed by atoms with Crippen LogP contribution in [0, 0.1) is 11.3 Å². The Kier molecular flexibility index (Phi) is 3.37. The Hall–Kier alpha value is -1.50. The average molecular weight is 266 g/mol. The predicted octanol–water partition coefficient (Wildman–Crippen LogP) is 3.46. The zero-order chi connectivity index (χ0) is 12.4. The van der Waals surface area contributed by atoms with E-state index in [9.17, 15) is 0 Å². The van der Waals surface area contributed by atoms with E-state index in [1.165, 1.54) is 0 Å². The Morgan fingerprint density at radius 3 is 2.71 bits per heavy atom. The molecule has 0 bridgehead atoms. The molecule has 2 rings (SSSR count). The van der Waals surface area contributed by atoms with Gasteiger partial charge < -0.3 is 4.57 Å². The van der Waals surface area contributed by atoms with Gasteiger partial charge in [0.15, 0.2) is 5.15 Å². The number of aromatic nitrogens is 2. The van der Waals surface area contributed by atoms with Crippen LogP contribution in [0.25, 0.3) is 11.4 Å². The second kappa shape index (κ2) is 4.79. The molecule has 0 fully saturated rings. The van der Waals surface area contributed by atoms with E-state index in [0.29, 0.717) is 21.7 Å². The zero-order valence-electron chi connectivity index (χ0n) is 9.11. The quantitative estimate of drug-likeness (QED) is 0.835. The molecule has 1 aromatic carbocycles. The Balaban J connectivity index is 2.59. The minimum atomic E-state index is 0.229. The van der Waals surface area contributed by atoms with Crippen molar-refractivity contribution < 1.29 is 0 Å². The van der Waals surface area contributed by atoms with Crippen molar-refractivity contribution >= 4 is 23.2 Å². The van der Waals surface area contributed by atoms with Gasteiger partial charge in [-0.05, 0) is 12.1 Å². The molecule has 5 heteroatoms. The second-order valence-corrected chi connectivity index (χ2v) is 4.31. The van der Waals surface area contributed by atoms with Crippen molar-refractivity contribution in [2.75, 3.05) is 0 Å². The second-order valence-electron chi connectivity index (χ2n) is 3.55. The number of imidazole rings is 1. The predicted molar refractivity (Wildman–Crippen MR) is 68.0 cm³/mol. The molecule has 17 heavy (non-hydrogen) atoms. The van der Waals surface area contributed by atoms with Crippen molar-refractivity contribution in [3.05, 3.63) is 40.1 Å². The van der Waals surface area contributed by atoms with Gasteiger partial charge in [-0.3, -0.25) is 0 Å². The van der Waals surface area contributed by atoms with Crippen LogP contribution in [-0.4, -0.2) is 9.55 Å². The van der Waals surface area contributed by atoms with Crippen LogP contribution in [-0.2, 0) is 13.5 Å². The third-order valence-corrected chi connectivity index (χ3v) is 3.16. The van der Waals surface area contributed by atoms with E-state index < -0.39 is 0 Å². The van der Waals surface area contributed by atoms with Gasteiger partial charge in [-0.15, -0.1) is 0 Å². The maximum atomic E-state index is 8.73. The van der Waals surface area contributed by atoms with E-state index in [1.54, 1.807) is 10.6 Å². The van der Waals surface area contributed by atoms with Gasteiger partial charge in [0, 0.05) is 12.6 Å². The van der Waals surface area contributed by atoms with E-state index in [1.807, 2.05) is 25.2 Å². The van der Waals surface area contributed by atoms with Crippen LogP contribution in [0.15, 0.2) is 24.3 Å². The van der Waals surface area contributed by atoms with Crippen LogP contribution >= 0.6 is 23.2 Å². The van der Waals surface area contributed by atoms with Gasteiger partial charge in [-0.25, -0.2) is 4.98 Å². The van der Waals surface area contributed by atoms with Crippen molar-refractivity contribution in [1.82, 2.24) is 9.55 Å². The van der Waals surface area contributed by atoms with Gasteiger partial charge in [-0.2, -0.15) is 5.26 Å². The molecule has 0 aliphatic heterocycles. The molecule has 0 aliphatic rings. The summed E-state index contributed by atoms with van der Waals surface area (Å²) in [4.78, 5) is 4.25. The lowest BCUT2D eigenvalue weighted by Crippen LogP contribution is -1.98. The van der Waals surface area contributed by atoms with Gasteiger partial charge in [0.1, 0.15) is 5.82 Å². The molecule has 0 N–H and O–H groups in total. The average Bonchev–Trinajstić information content (AvgIpc) is 2.58. The molecule has 3 nitrogen and oxygen atoms in total. The molecule has 0 saturated heterocycles. The fourth-order valence-corrected chi connectivity index (χ4v) is 2.14. The molecule has 2 aromatic rings. The lowest BCUT2D eigenvalue weighted by Gasteiger charge is -2.05. The number of rotatable bonds is 2. The third-order valence-electron chi connectivity index (χ3n) is 2.53. The van der Waals surface area contributed by atoms with E-state index in [2.05, 4.69) is 11.1 Å². The van der Waals surface area contributed by atoms with Crippen LogP contribution in [0.5, 0.6) is 0 Å². The molecule has 0 aliphatic carbocycles. The van der Waals surface area contributed by atoms with E-state index in [-0.39, 0.29) is 6.42 Å². The summed E-state index contributed by atoms with van der Waals surface area (Å²) in [5.74, 6) is 0.672. The molecule has 1 aromatic heterocycles. The summed E-state index contributed by atoms with van der Waals surface area (Å²) in [6.45, 7) is 0. The summed E-state index contributed by atoms with van der Waals surface area (Å²) in [6.07, 6.45) is 0.229. The maximum absolute atomic E-state index is 8.73. The van der Waals surface area contributed by atoms with Gasteiger partial charge in [-0.1, -0.05) is 35.3 Å². The molecule has 0 atom stereocenters. The molecule has 1 heterocycles. The van der Waals surface area contributed by atoms with E-state index in [0.717, 1.165) is 5.56 Å². The lowest BCUT2D eigenvalue weighted by molar-refractivity contribution is 0.864. The van der Waals surface area contributed by atoms with Crippen LogP contribution in [0.4, 0.5) is 0 Å². The van der Waals surface area contributed by atoms with Crippen molar-refractivity contribution in [1.29, 1.82) is 5.26 Å². The Morgan fingerprint density at radius 2 is 2.06 bits per heavy atom. The number of nitriles is 1. The van der Waals surface area contributed by atoms with Crippen molar-refractivity contribution in [3.63, 3.8) is 0 Å². The largest absolute Gasteiger partial charge is 0.329 e. The minimum absolute atomic E-state index is 0.229. The number of benzene rings is 1. The molecule has 0 unspecified atom stereocenters. The van der Waals surface area contributed by atoms with Gasteiger partial charge >= 0.3 is 0 Å². The summed E-state index contributed by atoms with van der Waals surface area (Å²) in [5, 5.41) is 9.69. The van der Waals surface area contributed by atoms with Crippen LogP contribution in [0.2, 0.25) is 10.2 Å². The lowest BCUT2D eigenvalue weighted by atomic mass is 10.2. The first kappa shape index (κ1) is 12.0. The SMILES string of the molecule is Cn1c(-c2ccccc2Cl)nc(Cl)c1CC#N. The fraction of sp³-hybridized carbons (Fsp3) is 0.167. The molecule has 86 valence electrons. The highest BCUT2D eigenvalue weighted by molar-refractivity contribution is 6.33. The first-order valence-electron chi connectivity index (χ1n) is 4.98. The highest BCUT2D eigenvalue weighted by Gasteiger charge is 2.15. The summed E-state index contributed by atoms with van der Waals surface area (Å²) in [5.41, 5.74) is 1.51. The fourth-order valence-electron chi connectivity index (χ4n) is 1.65. The summed E-state index contributed by atoms with van der Waals surface area (Å²) in [6, 6.07) is 9.47. The van der Waals surface area contributed by atoms with Gasteiger partial charge in [0.05, 0.1) is 23.2 Å². The molecule has 0 spiro atoms. The summed E-state index contributed by atoms with van der Waals surface area (Å²) < 4.78 is 1.80. The molecule has 0 radical (unpaired) electrons. The number of nitrogens with zero attached hydrogens (tertiary/aromatic N) is 3. The minimum Gasteiger partial charge on any atom is -0.329 e. The van der Waals surface area contributed by atoms with Crippen molar-refractivity contribution in [2.24, 2.45) is 7.05 Å². The highest BCUT2D eigenvalue weighted by Crippen LogP contribution is 2.29. The summed E-state index contributed by atoms with van der Waals surface area (Å²) >= 11 is 12.1. The number of hydrogen-bond acceptors (Lipinski definition) is 2.